The number of hydrogen-bond acceptors (Lipinski definition) is 6. The summed E-state index contributed by atoms with van der Waals surface area (Å²) in [4.78, 5) is 16.8. The molecule has 0 radical (unpaired) electrons. The average Bonchev–Trinajstić information content (AvgIpc) is 2.29. The highest BCUT2D eigenvalue weighted by Gasteiger charge is 2.04. The quantitative estimate of drug-likeness (QED) is 0.644. The van der Waals surface area contributed by atoms with Crippen molar-refractivity contribution in [2.24, 2.45) is 0 Å². The molecule has 0 amide bonds. The molecular weight excluding hydrogens is 222 g/mol. The molecule has 0 bridgehead atoms. The van der Waals surface area contributed by atoms with Crippen LogP contribution in [0.15, 0.2) is 34.7 Å². The smallest absolute Gasteiger partial charge is 0.193 e. The van der Waals surface area contributed by atoms with E-state index in [9.17, 15) is 0 Å². The molecule has 0 atom stereocenters. The molecule has 0 aliphatic carbocycles. The van der Waals surface area contributed by atoms with Crippen LogP contribution < -0.4 is 5.32 Å². The lowest BCUT2D eigenvalue weighted by Gasteiger charge is -2.03. The van der Waals surface area contributed by atoms with E-state index >= 15 is 0 Å². The minimum absolute atomic E-state index is 0.683. The van der Waals surface area contributed by atoms with Crippen LogP contribution in [0.2, 0.25) is 0 Å². The van der Waals surface area contributed by atoms with Crippen molar-refractivity contribution in [2.75, 3.05) is 12.4 Å². The maximum Gasteiger partial charge on any atom is 0.193 e. The maximum absolute atomic E-state index is 4.31. The summed E-state index contributed by atoms with van der Waals surface area (Å²) in [6.07, 6.45) is 3.42. The molecule has 5 nitrogen and oxygen atoms in total. The number of hydrogen-bond donors (Lipinski definition) is 1. The van der Waals surface area contributed by atoms with Gasteiger partial charge in [-0.3, -0.25) is 0 Å². The fourth-order valence-electron chi connectivity index (χ4n) is 1.15. The van der Waals surface area contributed by atoms with Gasteiger partial charge in [0.15, 0.2) is 5.16 Å². The first kappa shape index (κ1) is 10.8. The van der Waals surface area contributed by atoms with Crippen molar-refractivity contribution in [3.05, 3.63) is 30.4 Å². The number of nitrogens with one attached hydrogen (secondary N) is 1. The number of aromatic nitrogens is 4. The van der Waals surface area contributed by atoms with Gasteiger partial charge in [0, 0.05) is 25.5 Å². The van der Waals surface area contributed by atoms with Crippen LogP contribution in [-0.4, -0.2) is 27.0 Å². The third-order valence-corrected chi connectivity index (χ3v) is 2.62. The van der Waals surface area contributed by atoms with Crippen molar-refractivity contribution in [3.63, 3.8) is 0 Å². The minimum Gasteiger partial charge on any atom is -0.373 e. The summed E-state index contributed by atoms with van der Waals surface area (Å²) in [6, 6.07) is 3.66. The fourth-order valence-corrected chi connectivity index (χ4v) is 1.91. The van der Waals surface area contributed by atoms with E-state index in [2.05, 4.69) is 25.3 Å². The van der Waals surface area contributed by atoms with Gasteiger partial charge in [0.25, 0.3) is 0 Å². The molecule has 0 aromatic carbocycles. The second-order valence-electron chi connectivity index (χ2n) is 3.02. The summed E-state index contributed by atoms with van der Waals surface area (Å²) >= 11 is 1.42. The van der Waals surface area contributed by atoms with Crippen LogP contribution in [0.5, 0.6) is 0 Å². The zero-order valence-corrected chi connectivity index (χ0v) is 9.82. The molecule has 6 heteroatoms. The van der Waals surface area contributed by atoms with E-state index in [-0.39, 0.29) is 0 Å². The number of nitrogens with zero attached hydrogens (tertiary/aromatic N) is 4. The summed E-state index contributed by atoms with van der Waals surface area (Å²) < 4.78 is 0. The van der Waals surface area contributed by atoms with Gasteiger partial charge in [0.2, 0.25) is 0 Å². The van der Waals surface area contributed by atoms with Crippen LogP contribution >= 0.6 is 11.8 Å². The maximum atomic E-state index is 4.31. The second-order valence-corrected chi connectivity index (χ2v) is 4.01. The summed E-state index contributed by atoms with van der Waals surface area (Å²) in [5, 5.41) is 4.51. The zero-order chi connectivity index (χ0) is 11.4. The van der Waals surface area contributed by atoms with Crippen LogP contribution in [-0.2, 0) is 0 Å². The van der Waals surface area contributed by atoms with Gasteiger partial charge >= 0.3 is 0 Å². The summed E-state index contributed by atoms with van der Waals surface area (Å²) in [7, 11) is 1.83. The van der Waals surface area contributed by atoms with Crippen molar-refractivity contribution < 1.29 is 0 Å². The van der Waals surface area contributed by atoms with Gasteiger partial charge in [-0.2, -0.15) is 0 Å². The molecule has 0 fully saturated rings. The van der Waals surface area contributed by atoms with E-state index < -0.39 is 0 Å². The summed E-state index contributed by atoms with van der Waals surface area (Å²) in [6.45, 7) is 1.86. The third-order valence-electron chi connectivity index (χ3n) is 1.81. The second kappa shape index (κ2) is 4.89. The summed E-state index contributed by atoms with van der Waals surface area (Å²) in [5.74, 6) is 1.52. The van der Waals surface area contributed by atoms with Gasteiger partial charge < -0.3 is 5.32 Å². The molecule has 82 valence electrons. The standard InChI is InChI=1S/C10H11N5S/c1-7-14-8(11-2)6-9(15-7)16-10-12-4-3-5-13-10/h3-6H,1-2H3,(H,11,14,15). The van der Waals surface area contributed by atoms with Crippen molar-refractivity contribution in [3.8, 4) is 0 Å². The number of aryl methyl sites for hydroxylation is 1. The molecule has 2 heterocycles. The predicted molar refractivity (Wildman–Crippen MR) is 62.5 cm³/mol. The number of anilines is 1. The Morgan fingerprint density at radius 2 is 1.94 bits per heavy atom. The van der Waals surface area contributed by atoms with Crippen molar-refractivity contribution in [2.45, 2.75) is 17.1 Å². The Hall–Kier alpha value is -1.69. The molecule has 1 N–H and O–H groups in total. The Morgan fingerprint density at radius 3 is 2.62 bits per heavy atom. The highest BCUT2D eigenvalue weighted by atomic mass is 32.2. The molecule has 2 aromatic rings. The van der Waals surface area contributed by atoms with Gasteiger partial charge in [-0.05, 0) is 24.8 Å². The summed E-state index contributed by atoms with van der Waals surface area (Å²) in [5.41, 5.74) is 0. The fraction of sp³-hybridized carbons (Fsp3) is 0.200. The van der Waals surface area contributed by atoms with Crippen LogP contribution in [0.1, 0.15) is 5.82 Å². The van der Waals surface area contributed by atoms with E-state index in [0.29, 0.717) is 5.16 Å². The Kier molecular flexibility index (Phi) is 3.31. The van der Waals surface area contributed by atoms with Crippen LogP contribution in [0.25, 0.3) is 0 Å². The molecule has 2 aromatic heterocycles. The Bertz CT molecular complexity index is 474. The molecule has 0 unspecified atom stereocenters. The van der Waals surface area contributed by atoms with Crippen molar-refractivity contribution in [1.82, 2.24) is 19.9 Å². The monoisotopic (exact) mass is 233 g/mol. The first-order chi connectivity index (χ1) is 7.78. The molecule has 0 aliphatic rings. The lowest BCUT2D eigenvalue weighted by atomic mass is 10.5. The SMILES string of the molecule is CNc1cc(Sc2ncccn2)nc(C)n1. The van der Waals surface area contributed by atoms with Crippen molar-refractivity contribution in [1.29, 1.82) is 0 Å². The topological polar surface area (TPSA) is 63.6 Å². The van der Waals surface area contributed by atoms with Crippen molar-refractivity contribution >= 4 is 17.6 Å². The van der Waals surface area contributed by atoms with Gasteiger partial charge in [-0.25, -0.2) is 19.9 Å². The van der Waals surface area contributed by atoms with E-state index in [1.54, 1.807) is 18.5 Å². The Balaban J connectivity index is 2.24. The highest BCUT2D eigenvalue weighted by molar-refractivity contribution is 7.99. The highest BCUT2D eigenvalue weighted by Crippen LogP contribution is 2.23. The largest absolute Gasteiger partial charge is 0.373 e. The molecule has 0 saturated carbocycles. The van der Waals surface area contributed by atoms with Gasteiger partial charge in [-0.15, -0.1) is 0 Å². The van der Waals surface area contributed by atoms with E-state index in [4.69, 9.17) is 0 Å². The average molecular weight is 233 g/mol. The Morgan fingerprint density at radius 1 is 1.19 bits per heavy atom. The van der Waals surface area contributed by atoms with E-state index in [1.807, 2.05) is 20.0 Å². The predicted octanol–water partition coefficient (Wildman–Crippen LogP) is 1.77. The normalized spacial score (nSPS) is 10.1. The van der Waals surface area contributed by atoms with Gasteiger partial charge in [0.05, 0.1) is 0 Å². The van der Waals surface area contributed by atoms with E-state index in [0.717, 1.165) is 16.7 Å². The first-order valence-corrected chi connectivity index (χ1v) is 5.58. The minimum atomic E-state index is 0.683. The third kappa shape index (κ3) is 2.66. The van der Waals surface area contributed by atoms with Crippen LogP contribution in [0, 0.1) is 6.92 Å². The Labute approximate surface area is 97.8 Å². The first-order valence-electron chi connectivity index (χ1n) is 4.76. The zero-order valence-electron chi connectivity index (χ0n) is 9.01. The van der Waals surface area contributed by atoms with Gasteiger partial charge in [-0.1, -0.05) is 0 Å². The molecule has 16 heavy (non-hydrogen) atoms. The van der Waals surface area contributed by atoms with Gasteiger partial charge in [0.1, 0.15) is 16.7 Å². The molecular formula is C10H11N5S. The number of rotatable bonds is 3. The van der Waals surface area contributed by atoms with E-state index in [1.165, 1.54) is 11.8 Å². The molecule has 0 spiro atoms. The lowest BCUT2D eigenvalue weighted by Crippen LogP contribution is -1.97. The molecule has 0 saturated heterocycles. The molecule has 2 rings (SSSR count). The van der Waals surface area contributed by atoms with Crippen LogP contribution in [0.3, 0.4) is 0 Å². The molecule has 0 aliphatic heterocycles. The van der Waals surface area contributed by atoms with Crippen LogP contribution in [0.4, 0.5) is 5.82 Å². The lowest BCUT2D eigenvalue weighted by molar-refractivity contribution is 0.938.